The van der Waals surface area contributed by atoms with Crippen LogP contribution in [0.5, 0.6) is 0 Å². The SMILES string of the molecule is CSCC[C@H]([NH3+])C(=O)NCC1CCC(C(=O)N[C@H](C)C(=O)[O-])CC1. The lowest BCUT2D eigenvalue weighted by molar-refractivity contribution is -0.403. The van der Waals surface area contributed by atoms with E-state index in [-0.39, 0.29) is 23.8 Å². The Morgan fingerprint density at radius 2 is 1.88 bits per heavy atom. The lowest BCUT2D eigenvalue weighted by Crippen LogP contribution is -2.67. The lowest BCUT2D eigenvalue weighted by Gasteiger charge is -2.29. The summed E-state index contributed by atoms with van der Waals surface area (Å²) in [5.74, 6) is -0.364. The standard InChI is InChI=1S/C16H29N3O4S/c1-10(16(22)23)19-14(20)12-5-3-11(4-6-12)9-18-15(21)13(17)7-8-24-2/h10-13H,3-9,17H2,1-2H3,(H,18,21)(H,19,20)(H,22,23)/t10-,11?,12?,13+/m1/s1. The third kappa shape index (κ3) is 7.09. The summed E-state index contributed by atoms with van der Waals surface area (Å²) in [5, 5.41) is 16.1. The van der Waals surface area contributed by atoms with Crippen molar-refractivity contribution in [2.75, 3.05) is 18.6 Å². The molecule has 0 aromatic heterocycles. The Labute approximate surface area is 147 Å². The van der Waals surface area contributed by atoms with Crippen molar-refractivity contribution < 1.29 is 25.2 Å². The minimum Gasteiger partial charge on any atom is -0.548 e. The second kappa shape index (κ2) is 10.6. The molecule has 7 nitrogen and oxygen atoms in total. The number of hydrogen-bond acceptors (Lipinski definition) is 5. The van der Waals surface area contributed by atoms with Gasteiger partial charge in [0.2, 0.25) is 5.91 Å². The zero-order valence-electron chi connectivity index (χ0n) is 14.5. The van der Waals surface area contributed by atoms with Crippen LogP contribution >= 0.6 is 11.8 Å². The number of thioether (sulfide) groups is 1. The van der Waals surface area contributed by atoms with Gasteiger partial charge in [-0.1, -0.05) is 0 Å². The maximum absolute atomic E-state index is 12.0. The largest absolute Gasteiger partial charge is 0.548 e. The van der Waals surface area contributed by atoms with Gasteiger partial charge >= 0.3 is 0 Å². The van der Waals surface area contributed by atoms with Crippen molar-refractivity contribution in [1.29, 1.82) is 0 Å². The summed E-state index contributed by atoms with van der Waals surface area (Å²) in [4.78, 5) is 34.6. The molecule has 1 rings (SSSR count). The molecule has 1 aliphatic carbocycles. The lowest BCUT2D eigenvalue weighted by atomic mass is 9.81. The quantitative estimate of drug-likeness (QED) is 0.463. The van der Waals surface area contributed by atoms with Gasteiger partial charge in [-0.25, -0.2) is 0 Å². The number of aliphatic carboxylic acids is 1. The molecule has 8 heteroatoms. The highest BCUT2D eigenvalue weighted by Gasteiger charge is 2.27. The van der Waals surface area contributed by atoms with Crippen LogP contribution in [0.3, 0.4) is 0 Å². The molecular formula is C16H29N3O4S. The van der Waals surface area contributed by atoms with E-state index in [9.17, 15) is 19.5 Å². The van der Waals surface area contributed by atoms with Gasteiger partial charge in [-0.15, -0.1) is 0 Å². The first-order valence-corrected chi connectivity index (χ1v) is 9.85. The minimum atomic E-state index is -1.27. The van der Waals surface area contributed by atoms with Crippen LogP contribution in [0.1, 0.15) is 39.0 Å². The van der Waals surface area contributed by atoms with Gasteiger partial charge < -0.3 is 26.3 Å². The third-order valence-corrected chi connectivity index (χ3v) is 5.18. The van der Waals surface area contributed by atoms with Gasteiger partial charge in [-0.2, -0.15) is 11.8 Å². The van der Waals surface area contributed by atoms with E-state index in [1.807, 2.05) is 6.26 Å². The number of carbonyl (C=O) groups is 3. The van der Waals surface area contributed by atoms with Gasteiger partial charge in [0.05, 0.1) is 12.0 Å². The van der Waals surface area contributed by atoms with Crippen molar-refractivity contribution in [3.8, 4) is 0 Å². The molecule has 24 heavy (non-hydrogen) atoms. The fourth-order valence-corrected chi connectivity index (χ4v) is 3.32. The van der Waals surface area contributed by atoms with Gasteiger partial charge in [0.15, 0.2) is 6.04 Å². The first-order valence-electron chi connectivity index (χ1n) is 8.46. The first kappa shape index (κ1) is 20.8. The molecular weight excluding hydrogens is 330 g/mol. The predicted molar refractivity (Wildman–Crippen MR) is 90.7 cm³/mol. The van der Waals surface area contributed by atoms with E-state index >= 15 is 0 Å². The van der Waals surface area contributed by atoms with Crippen LogP contribution in [0, 0.1) is 11.8 Å². The highest BCUT2D eigenvalue weighted by molar-refractivity contribution is 7.98. The van der Waals surface area contributed by atoms with Crippen LogP contribution in [-0.2, 0) is 14.4 Å². The smallest absolute Gasteiger partial charge is 0.278 e. The van der Waals surface area contributed by atoms with Gasteiger partial charge in [0, 0.05) is 18.9 Å². The molecule has 0 heterocycles. The van der Waals surface area contributed by atoms with Crippen LogP contribution < -0.4 is 21.5 Å². The summed E-state index contributed by atoms with van der Waals surface area (Å²) in [6.45, 7) is 2.02. The molecule has 5 N–H and O–H groups in total. The Bertz CT molecular complexity index is 439. The molecule has 0 saturated heterocycles. The van der Waals surface area contributed by atoms with Crippen molar-refractivity contribution >= 4 is 29.5 Å². The summed E-state index contributed by atoms with van der Waals surface area (Å²) in [5.41, 5.74) is 3.88. The Morgan fingerprint density at radius 1 is 1.25 bits per heavy atom. The van der Waals surface area contributed by atoms with E-state index in [0.29, 0.717) is 25.3 Å². The highest BCUT2D eigenvalue weighted by Crippen LogP contribution is 2.28. The molecule has 0 bridgehead atoms. The van der Waals surface area contributed by atoms with Crippen molar-refractivity contribution in [3.63, 3.8) is 0 Å². The number of nitrogens with one attached hydrogen (secondary N) is 2. The van der Waals surface area contributed by atoms with Crippen LogP contribution in [0.4, 0.5) is 0 Å². The zero-order chi connectivity index (χ0) is 18.1. The van der Waals surface area contributed by atoms with E-state index in [1.165, 1.54) is 6.92 Å². The van der Waals surface area contributed by atoms with Gasteiger partial charge in [0.25, 0.3) is 5.91 Å². The molecule has 0 unspecified atom stereocenters. The van der Waals surface area contributed by atoms with Crippen LogP contribution in [0.15, 0.2) is 0 Å². The maximum Gasteiger partial charge on any atom is 0.278 e. The molecule has 0 aliphatic heterocycles. The second-order valence-electron chi connectivity index (χ2n) is 6.49. The normalized spacial score (nSPS) is 23.1. The summed E-state index contributed by atoms with van der Waals surface area (Å²) in [7, 11) is 0. The zero-order valence-corrected chi connectivity index (χ0v) is 15.3. The molecule has 0 radical (unpaired) electrons. The maximum atomic E-state index is 12.0. The summed E-state index contributed by atoms with van der Waals surface area (Å²) in [6.07, 6.45) is 5.91. The average Bonchev–Trinajstić information content (AvgIpc) is 2.57. The Morgan fingerprint density at radius 3 is 2.42 bits per heavy atom. The van der Waals surface area contributed by atoms with E-state index in [0.717, 1.165) is 25.0 Å². The third-order valence-electron chi connectivity index (χ3n) is 4.54. The van der Waals surface area contributed by atoms with Crippen molar-refractivity contribution in [1.82, 2.24) is 10.6 Å². The number of carboxylic acid groups (broad SMARTS) is 1. The molecule has 1 saturated carbocycles. The van der Waals surface area contributed by atoms with Crippen LogP contribution in [0.2, 0.25) is 0 Å². The Kier molecular flexibility index (Phi) is 9.13. The molecule has 138 valence electrons. The number of hydrogen-bond donors (Lipinski definition) is 3. The Balaban J connectivity index is 2.27. The average molecular weight is 359 g/mol. The number of rotatable bonds is 9. The highest BCUT2D eigenvalue weighted by atomic mass is 32.2. The molecule has 0 aromatic carbocycles. The van der Waals surface area contributed by atoms with E-state index in [4.69, 9.17) is 0 Å². The van der Waals surface area contributed by atoms with Crippen LogP contribution in [0.25, 0.3) is 0 Å². The minimum absolute atomic E-state index is 0.00769. The molecule has 0 spiro atoms. The van der Waals surface area contributed by atoms with Crippen molar-refractivity contribution in [2.45, 2.75) is 51.1 Å². The van der Waals surface area contributed by atoms with Crippen molar-refractivity contribution in [3.05, 3.63) is 0 Å². The van der Waals surface area contributed by atoms with E-state index < -0.39 is 12.0 Å². The Hall–Kier alpha value is -1.28. The molecule has 1 aliphatic rings. The molecule has 1 fully saturated rings. The van der Waals surface area contributed by atoms with Gasteiger partial charge in [-0.05, 0) is 50.5 Å². The summed E-state index contributed by atoms with van der Waals surface area (Å²) >= 11 is 1.70. The number of quaternary nitrogens is 1. The molecule has 2 atom stereocenters. The van der Waals surface area contributed by atoms with E-state index in [2.05, 4.69) is 16.4 Å². The monoisotopic (exact) mass is 359 g/mol. The second-order valence-corrected chi connectivity index (χ2v) is 7.48. The van der Waals surface area contributed by atoms with E-state index in [1.54, 1.807) is 11.8 Å². The fourth-order valence-electron chi connectivity index (χ4n) is 2.80. The molecule has 2 amide bonds. The number of carboxylic acids is 1. The number of amides is 2. The van der Waals surface area contributed by atoms with Gasteiger partial charge in [0.1, 0.15) is 0 Å². The van der Waals surface area contributed by atoms with Crippen LogP contribution in [-0.4, -0.2) is 48.4 Å². The summed E-state index contributed by atoms with van der Waals surface area (Å²) < 4.78 is 0. The van der Waals surface area contributed by atoms with Gasteiger partial charge in [-0.3, -0.25) is 9.59 Å². The number of carbonyl (C=O) groups excluding carboxylic acids is 3. The van der Waals surface area contributed by atoms with Crippen molar-refractivity contribution in [2.24, 2.45) is 11.8 Å². The predicted octanol–water partition coefficient (Wildman–Crippen LogP) is -1.47. The fraction of sp³-hybridized carbons (Fsp3) is 0.812. The summed E-state index contributed by atoms with van der Waals surface area (Å²) in [6, 6.07) is -1.18. The first-order chi connectivity index (χ1) is 11.3. The topological polar surface area (TPSA) is 126 Å². The molecule has 0 aromatic rings.